The average Bonchev–Trinajstić information content (AvgIpc) is 3.67. The molecule has 0 amide bonds. The van der Waals surface area contributed by atoms with Gasteiger partial charge in [-0.05, 0) is 58.7 Å². The summed E-state index contributed by atoms with van der Waals surface area (Å²) >= 11 is 0. The van der Waals surface area contributed by atoms with Crippen molar-refractivity contribution < 1.29 is 0 Å². The van der Waals surface area contributed by atoms with E-state index in [9.17, 15) is 0 Å². The van der Waals surface area contributed by atoms with Crippen LogP contribution in [-0.4, -0.2) is 19.1 Å². The van der Waals surface area contributed by atoms with Crippen LogP contribution < -0.4 is 0 Å². The smallest absolute Gasteiger partial charge is 0.0727 e. The molecule has 0 unspecified atom stereocenters. The van der Waals surface area contributed by atoms with Crippen molar-refractivity contribution in [1.29, 1.82) is 0 Å². The van der Waals surface area contributed by atoms with Gasteiger partial charge >= 0.3 is 0 Å². The largest absolute Gasteiger partial charge is 0.308 e. The van der Waals surface area contributed by atoms with E-state index in [1.807, 2.05) is 24.5 Å². The summed E-state index contributed by atoms with van der Waals surface area (Å²) in [7, 11) is 0. The second-order valence-electron chi connectivity index (χ2n) is 15.0. The molecular formula is C46H34N4. The molecule has 2 aliphatic heterocycles. The highest BCUT2D eigenvalue weighted by molar-refractivity contribution is 6.16. The lowest BCUT2D eigenvalue weighted by atomic mass is 9.65. The van der Waals surface area contributed by atoms with Gasteiger partial charge in [0.15, 0.2) is 0 Å². The van der Waals surface area contributed by atoms with E-state index in [-0.39, 0.29) is 10.8 Å². The molecule has 0 aliphatic carbocycles. The number of nitrogens with zero attached hydrogens (tertiary/aromatic N) is 4. The van der Waals surface area contributed by atoms with E-state index in [2.05, 4.69) is 146 Å². The molecule has 0 fully saturated rings. The lowest BCUT2D eigenvalue weighted by Gasteiger charge is -2.44. The van der Waals surface area contributed by atoms with Crippen LogP contribution in [0.2, 0.25) is 0 Å². The van der Waals surface area contributed by atoms with Gasteiger partial charge in [-0.15, -0.1) is 0 Å². The molecule has 4 aromatic heterocycles. The maximum Gasteiger partial charge on any atom is 0.0727 e. The molecule has 4 nitrogen and oxygen atoms in total. The Morgan fingerprint density at radius 1 is 0.420 bits per heavy atom. The quantitative estimate of drug-likeness (QED) is 0.188. The second-order valence-corrected chi connectivity index (χ2v) is 15.0. The molecule has 4 heteroatoms. The van der Waals surface area contributed by atoms with Crippen LogP contribution in [-0.2, 0) is 10.8 Å². The third-order valence-electron chi connectivity index (χ3n) is 11.7. The fraction of sp³-hybridized carbons (Fsp3) is 0.130. The fourth-order valence-corrected chi connectivity index (χ4v) is 9.69. The van der Waals surface area contributed by atoms with Crippen LogP contribution in [0, 0.1) is 0 Å². The average molecular weight is 643 g/mol. The van der Waals surface area contributed by atoms with Crippen LogP contribution in [0.4, 0.5) is 0 Å². The van der Waals surface area contributed by atoms with Crippen molar-refractivity contribution in [2.24, 2.45) is 0 Å². The molecule has 6 heterocycles. The summed E-state index contributed by atoms with van der Waals surface area (Å²) in [4.78, 5) is 10.4. The summed E-state index contributed by atoms with van der Waals surface area (Å²) in [6, 6.07) is 44.2. The Kier molecular flexibility index (Phi) is 5.23. The van der Waals surface area contributed by atoms with E-state index in [0.29, 0.717) is 0 Å². The summed E-state index contributed by atoms with van der Waals surface area (Å²) in [5.74, 6) is 0. The molecule has 0 N–H and O–H groups in total. The lowest BCUT2D eigenvalue weighted by Crippen LogP contribution is -2.34. The maximum atomic E-state index is 5.18. The minimum atomic E-state index is -0.381. The van der Waals surface area contributed by atoms with Crippen molar-refractivity contribution in [3.05, 3.63) is 156 Å². The molecule has 0 radical (unpaired) electrons. The number of para-hydroxylation sites is 4. The highest BCUT2D eigenvalue weighted by atomic mass is 15.0. The first-order chi connectivity index (χ1) is 24.4. The summed E-state index contributed by atoms with van der Waals surface area (Å²) in [5, 5.41) is 5.09. The SMILES string of the molecule is CC1(C)c2c(-c3ccccn3)c3c(c(-c4ccccn4)c2-n2c4ccccc4c4cccc1c42)C(C)(C)c1cccc2c4ccccc4n-3c12. The molecule has 0 saturated carbocycles. The molecule has 11 rings (SSSR count). The van der Waals surface area contributed by atoms with Gasteiger partial charge in [-0.25, -0.2) is 0 Å². The van der Waals surface area contributed by atoms with Gasteiger partial charge in [-0.2, -0.15) is 0 Å². The van der Waals surface area contributed by atoms with Crippen molar-refractivity contribution in [2.75, 3.05) is 0 Å². The van der Waals surface area contributed by atoms with Crippen molar-refractivity contribution in [3.8, 4) is 33.9 Å². The molecule has 50 heavy (non-hydrogen) atoms. The van der Waals surface area contributed by atoms with Crippen LogP contribution in [0.1, 0.15) is 49.9 Å². The third-order valence-corrected chi connectivity index (χ3v) is 11.7. The minimum absolute atomic E-state index is 0.381. The predicted molar refractivity (Wildman–Crippen MR) is 206 cm³/mol. The van der Waals surface area contributed by atoms with Gasteiger partial charge in [0.05, 0.1) is 44.8 Å². The van der Waals surface area contributed by atoms with Crippen molar-refractivity contribution >= 4 is 43.6 Å². The third kappa shape index (κ3) is 3.22. The Balaban J connectivity index is 1.50. The van der Waals surface area contributed by atoms with Gasteiger partial charge in [-0.1, -0.05) is 113 Å². The summed E-state index contributed by atoms with van der Waals surface area (Å²) in [6.07, 6.45) is 3.89. The van der Waals surface area contributed by atoms with Crippen molar-refractivity contribution in [2.45, 2.75) is 38.5 Å². The molecule has 0 atom stereocenters. The second kappa shape index (κ2) is 9.36. The van der Waals surface area contributed by atoms with Gasteiger partial charge < -0.3 is 9.13 Å². The van der Waals surface area contributed by atoms with E-state index in [0.717, 1.165) is 11.4 Å². The maximum absolute atomic E-state index is 5.18. The van der Waals surface area contributed by atoms with Crippen LogP contribution in [0.5, 0.6) is 0 Å². The van der Waals surface area contributed by atoms with E-state index < -0.39 is 0 Å². The normalized spacial score (nSPS) is 15.1. The number of rotatable bonds is 2. The summed E-state index contributed by atoms with van der Waals surface area (Å²) in [5.41, 5.74) is 16.1. The van der Waals surface area contributed by atoms with E-state index in [4.69, 9.17) is 9.97 Å². The lowest BCUT2D eigenvalue weighted by molar-refractivity contribution is 0.613. The van der Waals surface area contributed by atoms with Crippen molar-refractivity contribution in [1.82, 2.24) is 19.1 Å². The van der Waals surface area contributed by atoms with Gasteiger partial charge in [0.2, 0.25) is 0 Å². The standard InChI is InChI=1S/C46H34N4/c1-45(2)31-19-13-17-29-27-15-5-7-23-35(27)49(41(29)31)43-38(34-22-10-12-26-48-34)40-44(37(39(43)45)33-21-9-11-25-47-33)50-36-24-8-6-16-28(36)30-18-14-20-32(42(30)50)46(40,3)4/h5-26H,1-4H3. The molecule has 0 bridgehead atoms. The summed E-state index contributed by atoms with van der Waals surface area (Å²) < 4.78 is 5.13. The van der Waals surface area contributed by atoms with E-state index in [1.165, 1.54) is 88.4 Å². The Labute approximate surface area is 290 Å². The Morgan fingerprint density at radius 3 is 1.24 bits per heavy atom. The molecule has 0 spiro atoms. The predicted octanol–water partition coefficient (Wildman–Crippen LogP) is 11.3. The zero-order chi connectivity index (χ0) is 33.5. The molecule has 5 aromatic carbocycles. The summed E-state index contributed by atoms with van der Waals surface area (Å²) in [6.45, 7) is 9.64. The number of benzene rings is 5. The molecule has 9 aromatic rings. The first-order valence-electron chi connectivity index (χ1n) is 17.5. The number of fused-ring (bicyclic) bond motifs is 10. The van der Waals surface area contributed by atoms with E-state index >= 15 is 0 Å². The van der Waals surface area contributed by atoms with Crippen LogP contribution >= 0.6 is 0 Å². The van der Waals surface area contributed by atoms with Gasteiger partial charge in [0, 0.05) is 55.9 Å². The molecule has 238 valence electrons. The molecule has 0 saturated heterocycles. The first-order valence-corrected chi connectivity index (χ1v) is 17.5. The van der Waals surface area contributed by atoms with Gasteiger partial charge in [0.1, 0.15) is 0 Å². The highest BCUT2D eigenvalue weighted by Crippen LogP contribution is 2.60. The van der Waals surface area contributed by atoms with Crippen molar-refractivity contribution in [3.63, 3.8) is 0 Å². The Hall–Kier alpha value is -6.00. The Bertz CT molecular complexity index is 2700. The number of hydrogen-bond donors (Lipinski definition) is 0. The number of aromatic nitrogens is 4. The highest BCUT2D eigenvalue weighted by Gasteiger charge is 2.47. The number of pyridine rings is 2. The topological polar surface area (TPSA) is 35.6 Å². The fourth-order valence-electron chi connectivity index (χ4n) is 9.69. The zero-order valence-corrected chi connectivity index (χ0v) is 28.5. The first kappa shape index (κ1) is 27.9. The molecule has 2 aliphatic rings. The molecular weight excluding hydrogens is 609 g/mol. The van der Waals surface area contributed by atoms with Crippen LogP contribution in [0.15, 0.2) is 134 Å². The zero-order valence-electron chi connectivity index (χ0n) is 28.5. The minimum Gasteiger partial charge on any atom is -0.308 e. The van der Waals surface area contributed by atoms with Crippen LogP contribution in [0.25, 0.3) is 77.5 Å². The van der Waals surface area contributed by atoms with Gasteiger partial charge in [-0.3, -0.25) is 9.97 Å². The van der Waals surface area contributed by atoms with E-state index in [1.54, 1.807) is 0 Å². The number of hydrogen-bond acceptors (Lipinski definition) is 2. The Morgan fingerprint density at radius 2 is 0.820 bits per heavy atom. The van der Waals surface area contributed by atoms with Crippen LogP contribution in [0.3, 0.4) is 0 Å². The monoisotopic (exact) mass is 642 g/mol. The van der Waals surface area contributed by atoms with Gasteiger partial charge in [0.25, 0.3) is 0 Å².